The van der Waals surface area contributed by atoms with Crippen molar-refractivity contribution in [2.75, 3.05) is 6.54 Å². The Hall–Kier alpha value is -2.62. The highest BCUT2D eigenvalue weighted by Gasteiger charge is 2.11. The highest BCUT2D eigenvalue weighted by molar-refractivity contribution is 5.94. The summed E-state index contributed by atoms with van der Waals surface area (Å²) in [5, 5.41) is 2.99. The molecule has 0 bridgehead atoms. The molecule has 0 aliphatic rings. The molecule has 0 radical (unpaired) electrons. The molecule has 0 unspecified atom stereocenters. The average Bonchev–Trinajstić information content (AvgIpc) is 3.00. The van der Waals surface area contributed by atoms with E-state index in [0.29, 0.717) is 12.1 Å². The third-order valence-electron chi connectivity index (χ3n) is 4.39. The van der Waals surface area contributed by atoms with E-state index >= 15 is 0 Å². The van der Waals surface area contributed by atoms with Crippen LogP contribution in [-0.4, -0.2) is 22.0 Å². The number of carbonyl (C=O) groups excluding carboxylic acids is 1. The van der Waals surface area contributed by atoms with Crippen LogP contribution in [0.1, 0.15) is 42.4 Å². The molecule has 4 heteroatoms. The molecule has 0 fully saturated rings. The lowest BCUT2D eigenvalue weighted by molar-refractivity contribution is 0.0954. The molecule has 0 aliphatic heterocycles. The van der Waals surface area contributed by atoms with E-state index in [9.17, 15) is 4.79 Å². The van der Waals surface area contributed by atoms with Crippen LogP contribution in [0, 0.1) is 0 Å². The number of amides is 1. The number of aromatic nitrogens is 2. The van der Waals surface area contributed by atoms with Crippen LogP contribution in [0.2, 0.25) is 0 Å². The normalized spacial score (nSPS) is 10.9. The standard InChI is InChI=1S/C21H25N3O/c1-2-3-9-16-24-19-13-8-7-12-18(19)23-20(24)14-15-22-21(25)17-10-5-4-6-11-17/h4-8,10-13H,2-3,9,14-16H2,1H3,(H,22,25). The van der Waals surface area contributed by atoms with Crippen molar-refractivity contribution in [2.45, 2.75) is 39.2 Å². The van der Waals surface area contributed by atoms with E-state index in [0.717, 1.165) is 30.7 Å². The highest BCUT2D eigenvalue weighted by Crippen LogP contribution is 2.17. The van der Waals surface area contributed by atoms with Gasteiger partial charge in [-0.05, 0) is 30.7 Å². The Balaban J connectivity index is 1.68. The first kappa shape index (κ1) is 17.2. The number of benzene rings is 2. The summed E-state index contributed by atoms with van der Waals surface area (Å²) in [6.07, 6.45) is 4.31. The molecule has 130 valence electrons. The second kappa shape index (κ2) is 8.47. The zero-order valence-electron chi connectivity index (χ0n) is 14.7. The fraction of sp³-hybridized carbons (Fsp3) is 0.333. The lowest BCUT2D eigenvalue weighted by Gasteiger charge is -2.10. The van der Waals surface area contributed by atoms with Crippen molar-refractivity contribution in [3.05, 3.63) is 66.0 Å². The number of imidazole rings is 1. The Bertz CT molecular complexity index is 824. The van der Waals surface area contributed by atoms with Gasteiger partial charge < -0.3 is 9.88 Å². The Labute approximate surface area is 148 Å². The average molecular weight is 335 g/mol. The lowest BCUT2D eigenvalue weighted by atomic mass is 10.2. The number of carbonyl (C=O) groups is 1. The van der Waals surface area contributed by atoms with E-state index in [2.05, 4.69) is 35.0 Å². The van der Waals surface area contributed by atoms with Crippen LogP contribution in [0.5, 0.6) is 0 Å². The highest BCUT2D eigenvalue weighted by atomic mass is 16.1. The summed E-state index contributed by atoms with van der Waals surface area (Å²) in [5.74, 6) is 1.01. The summed E-state index contributed by atoms with van der Waals surface area (Å²) in [4.78, 5) is 16.9. The van der Waals surface area contributed by atoms with E-state index < -0.39 is 0 Å². The molecule has 0 spiro atoms. The van der Waals surface area contributed by atoms with Gasteiger partial charge in [-0.3, -0.25) is 4.79 Å². The monoisotopic (exact) mass is 335 g/mol. The molecular formula is C21H25N3O. The van der Waals surface area contributed by atoms with Crippen molar-refractivity contribution in [3.63, 3.8) is 0 Å². The minimum atomic E-state index is -0.0331. The van der Waals surface area contributed by atoms with Crippen molar-refractivity contribution in [3.8, 4) is 0 Å². The number of rotatable bonds is 8. The number of hydrogen-bond donors (Lipinski definition) is 1. The van der Waals surface area contributed by atoms with Crippen LogP contribution in [0.4, 0.5) is 0 Å². The molecule has 1 heterocycles. The third kappa shape index (κ3) is 4.27. The van der Waals surface area contributed by atoms with Gasteiger partial charge in [-0.1, -0.05) is 50.1 Å². The van der Waals surface area contributed by atoms with Crippen LogP contribution in [-0.2, 0) is 13.0 Å². The number of nitrogens with zero attached hydrogens (tertiary/aromatic N) is 2. The van der Waals surface area contributed by atoms with E-state index in [1.54, 1.807) is 0 Å². The summed E-state index contributed by atoms with van der Waals surface area (Å²) in [5.41, 5.74) is 2.91. The number of unbranched alkanes of at least 4 members (excludes halogenated alkanes) is 2. The van der Waals surface area contributed by atoms with Crippen LogP contribution in [0.25, 0.3) is 11.0 Å². The van der Waals surface area contributed by atoms with Gasteiger partial charge in [-0.25, -0.2) is 4.98 Å². The van der Waals surface area contributed by atoms with Crippen molar-refractivity contribution < 1.29 is 4.79 Å². The molecule has 3 rings (SSSR count). The number of aryl methyl sites for hydroxylation is 1. The molecular weight excluding hydrogens is 310 g/mol. The summed E-state index contributed by atoms with van der Waals surface area (Å²) in [6, 6.07) is 17.6. The first-order valence-electron chi connectivity index (χ1n) is 9.07. The van der Waals surface area contributed by atoms with Crippen molar-refractivity contribution >= 4 is 16.9 Å². The predicted molar refractivity (Wildman–Crippen MR) is 102 cm³/mol. The van der Waals surface area contributed by atoms with Crippen LogP contribution in [0.3, 0.4) is 0 Å². The molecule has 0 atom stereocenters. The molecule has 0 saturated carbocycles. The first-order valence-corrected chi connectivity index (χ1v) is 9.07. The summed E-state index contributed by atoms with van der Waals surface area (Å²) in [6.45, 7) is 3.78. The second-order valence-corrected chi connectivity index (χ2v) is 6.25. The van der Waals surface area contributed by atoms with Crippen molar-refractivity contribution in [1.29, 1.82) is 0 Å². The van der Waals surface area contributed by atoms with Gasteiger partial charge in [-0.2, -0.15) is 0 Å². The van der Waals surface area contributed by atoms with Gasteiger partial charge in [0.15, 0.2) is 0 Å². The molecule has 0 aliphatic carbocycles. The Morgan fingerprint density at radius 3 is 2.60 bits per heavy atom. The molecule has 0 saturated heterocycles. The maximum Gasteiger partial charge on any atom is 0.251 e. The maximum atomic E-state index is 12.2. The van der Waals surface area contributed by atoms with Gasteiger partial charge in [0.05, 0.1) is 11.0 Å². The smallest absolute Gasteiger partial charge is 0.251 e. The van der Waals surface area contributed by atoms with Gasteiger partial charge in [-0.15, -0.1) is 0 Å². The van der Waals surface area contributed by atoms with Gasteiger partial charge in [0, 0.05) is 25.1 Å². The number of fused-ring (bicyclic) bond motifs is 1. The Morgan fingerprint density at radius 2 is 1.80 bits per heavy atom. The quantitative estimate of drug-likeness (QED) is 0.627. The van der Waals surface area contributed by atoms with Gasteiger partial charge in [0.25, 0.3) is 5.91 Å². The lowest BCUT2D eigenvalue weighted by Crippen LogP contribution is -2.26. The molecule has 3 aromatic rings. The summed E-state index contributed by atoms with van der Waals surface area (Å²) < 4.78 is 2.31. The zero-order chi connectivity index (χ0) is 17.5. The minimum Gasteiger partial charge on any atom is -0.352 e. The van der Waals surface area contributed by atoms with Crippen molar-refractivity contribution in [1.82, 2.24) is 14.9 Å². The molecule has 1 N–H and O–H groups in total. The second-order valence-electron chi connectivity index (χ2n) is 6.25. The molecule has 2 aromatic carbocycles. The topological polar surface area (TPSA) is 46.9 Å². The number of hydrogen-bond acceptors (Lipinski definition) is 2. The maximum absolute atomic E-state index is 12.2. The fourth-order valence-corrected chi connectivity index (χ4v) is 3.07. The summed E-state index contributed by atoms with van der Waals surface area (Å²) >= 11 is 0. The number of para-hydroxylation sites is 2. The molecule has 4 nitrogen and oxygen atoms in total. The van der Waals surface area contributed by atoms with Crippen LogP contribution >= 0.6 is 0 Å². The third-order valence-corrected chi connectivity index (χ3v) is 4.39. The summed E-state index contributed by atoms with van der Waals surface area (Å²) in [7, 11) is 0. The number of nitrogens with one attached hydrogen (secondary N) is 1. The van der Waals surface area contributed by atoms with E-state index in [1.807, 2.05) is 36.4 Å². The van der Waals surface area contributed by atoms with Gasteiger partial charge in [0.1, 0.15) is 5.82 Å². The van der Waals surface area contributed by atoms with Crippen molar-refractivity contribution in [2.24, 2.45) is 0 Å². The SMILES string of the molecule is CCCCCn1c(CCNC(=O)c2ccccc2)nc2ccccc21. The van der Waals surface area contributed by atoms with Crippen LogP contribution in [0.15, 0.2) is 54.6 Å². The largest absolute Gasteiger partial charge is 0.352 e. The minimum absolute atomic E-state index is 0.0331. The fourth-order valence-electron chi connectivity index (χ4n) is 3.07. The Morgan fingerprint density at radius 1 is 1.04 bits per heavy atom. The van der Waals surface area contributed by atoms with Gasteiger partial charge in [0.2, 0.25) is 0 Å². The molecule has 25 heavy (non-hydrogen) atoms. The van der Waals surface area contributed by atoms with Gasteiger partial charge >= 0.3 is 0 Å². The Kier molecular flexibility index (Phi) is 5.83. The first-order chi connectivity index (χ1) is 12.3. The zero-order valence-corrected chi connectivity index (χ0v) is 14.7. The predicted octanol–water partition coefficient (Wildman–Crippen LogP) is 4.20. The van der Waals surface area contributed by atoms with E-state index in [1.165, 1.54) is 18.4 Å². The molecule has 1 amide bonds. The van der Waals surface area contributed by atoms with E-state index in [-0.39, 0.29) is 5.91 Å². The van der Waals surface area contributed by atoms with Crippen LogP contribution < -0.4 is 5.32 Å². The molecule has 1 aromatic heterocycles. The van der Waals surface area contributed by atoms with E-state index in [4.69, 9.17) is 4.98 Å².